The Hall–Kier alpha value is -7.42. The van der Waals surface area contributed by atoms with Gasteiger partial charge in [-0.2, -0.15) is 15.3 Å². The maximum atomic E-state index is 5.89. The zero-order valence-electron chi connectivity index (χ0n) is 41.7. The largest absolute Gasteiger partial charge is 0.498 e. The number of rotatable bonds is 9. The van der Waals surface area contributed by atoms with Crippen LogP contribution in [0.3, 0.4) is 0 Å². The molecule has 0 unspecified atom stereocenters. The van der Waals surface area contributed by atoms with Gasteiger partial charge in [-0.05, 0) is 121 Å². The standard InChI is InChI=1S/C27H22N6O.C10H17BN2O2.C10H12N4.C6H7BrN2/c1-17-16-34-26-4-3-19(8-23(17)26)24-9-22(10-25-27(24)30-6-5-29-25)31-12-18-7-20(13-28-11-18)21-14-32-33(2)15-21;1-9(2)10(3,4)15-11(14-9)8-6-12-13(5)7-8;1-14-7-10(6-13-14)9-2-8(3-11)4-12-5-9;7-6-1-5(2-8)3-9-4-6/h3-11,13-16,31H,12H2,1-2H3;6-7H,1-5H3;2,4-7H,3,11H2,1H3;1,3-4H,2,8H2. The van der Waals surface area contributed by atoms with Gasteiger partial charge in [0.1, 0.15) is 5.58 Å². The Morgan fingerprint density at radius 2 is 1.21 bits per heavy atom. The molecule has 10 aromatic rings. The van der Waals surface area contributed by atoms with E-state index in [1.165, 1.54) is 0 Å². The van der Waals surface area contributed by atoms with Gasteiger partial charge in [0.15, 0.2) is 0 Å². The van der Waals surface area contributed by atoms with Crippen LogP contribution in [0, 0.1) is 6.92 Å². The van der Waals surface area contributed by atoms with Gasteiger partial charge in [-0.1, -0.05) is 6.07 Å². The van der Waals surface area contributed by atoms with Crippen molar-refractivity contribution in [2.24, 2.45) is 32.6 Å². The first kappa shape index (κ1) is 51.0. The number of hydrogen-bond donors (Lipinski definition) is 3. The molecule has 19 heteroatoms. The molecule has 0 atom stereocenters. The summed E-state index contributed by atoms with van der Waals surface area (Å²) in [6.07, 6.45) is 27.4. The molecule has 11 rings (SSSR count). The zero-order chi connectivity index (χ0) is 51.0. The van der Waals surface area contributed by atoms with Crippen molar-refractivity contribution in [3.63, 3.8) is 0 Å². The Kier molecular flexibility index (Phi) is 15.8. The van der Waals surface area contributed by atoms with Crippen LogP contribution in [0.25, 0.3) is 55.4 Å². The van der Waals surface area contributed by atoms with Gasteiger partial charge in [0, 0.05) is 164 Å². The number of hydrogen-bond acceptors (Lipinski definition) is 14. The quantitative estimate of drug-likeness (QED) is 0.115. The summed E-state index contributed by atoms with van der Waals surface area (Å²) >= 11 is 3.28. The van der Waals surface area contributed by atoms with E-state index in [9.17, 15) is 0 Å². The monoisotopic (exact) mass is 1030 g/mol. The summed E-state index contributed by atoms with van der Waals surface area (Å²) in [6, 6.07) is 16.5. The number of benzene rings is 2. The number of aryl methyl sites for hydroxylation is 4. The Morgan fingerprint density at radius 3 is 1.79 bits per heavy atom. The SMILES string of the molecule is Cc1coc2ccc(-c3cc(NCc4cncc(-c5cnn(C)c5)c4)cc4nccnc34)cc12.Cn1cc(-c2cncc(CN)c2)cn1.Cn1cc(B2OC(C)(C)C(C)(C)O2)cn1.NCc1cncc(Br)c1. The van der Waals surface area contributed by atoms with E-state index in [0.29, 0.717) is 19.6 Å². The molecule has 368 valence electrons. The second-order valence-corrected chi connectivity index (χ2v) is 19.3. The molecule has 1 fully saturated rings. The lowest BCUT2D eigenvalue weighted by atomic mass is 9.82. The fraction of sp³-hybridized carbons (Fsp3) is 0.245. The van der Waals surface area contributed by atoms with Crippen molar-refractivity contribution in [3.05, 3.63) is 168 Å². The van der Waals surface area contributed by atoms with Gasteiger partial charge in [0.25, 0.3) is 0 Å². The summed E-state index contributed by atoms with van der Waals surface area (Å²) in [6.45, 7) is 11.9. The third-order valence-corrected chi connectivity index (χ3v) is 12.7. The van der Waals surface area contributed by atoms with Crippen LogP contribution in [-0.4, -0.2) is 72.6 Å². The molecule has 72 heavy (non-hydrogen) atoms. The lowest BCUT2D eigenvalue weighted by Crippen LogP contribution is -2.41. The minimum absolute atomic E-state index is 0.284. The first-order chi connectivity index (χ1) is 34.6. The Labute approximate surface area is 427 Å². The molecule has 9 heterocycles. The van der Waals surface area contributed by atoms with Crippen molar-refractivity contribution < 1.29 is 13.7 Å². The first-order valence-electron chi connectivity index (χ1n) is 23.2. The molecule has 1 aliphatic rings. The molecule has 0 aliphatic carbocycles. The molecule has 0 radical (unpaired) electrons. The van der Waals surface area contributed by atoms with Gasteiger partial charge in [0.2, 0.25) is 0 Å². The fourth-order valence-electron chi connectivity index (χ4n) is 7.67. The van der Waals surface area contributed by atoms with E-state index >= 15 is 0 Å². The summed E-state index contributed by atoms with van der Waals surface area (Å²) in [7, 11) is 5.38. The molecule has 5 N–H and O–H groups in total. The molecule has 0 amide bonds. The van der Waals surface area contributed by atoms with Gasteiger partial charge in [-0.15, -0.1) is 0 Å². The first-order valence-corrected chi connectivity index (χ1v) is 24.0. The number of fused-ring (bicyclic) bond motifs is 2. The van der Waals surface area contributed by atoms with Gasteiger partial charge >= 0.3 is 7.12 Å². The normalized spacial score (nSPS) is 13.5. The highest BCUT2D eigenvalue weighted by Crippen LogP contribution is 2.37. The van der Waals surface area contributed by atoms with E-state index in [0.717, 1.165) is 93.3 Å². The lowest BCUT2D eigenvalue weighted by Gasteiger charge is -2.32. The van der Waals surface area contributed by atoms with Crippen LogP contribution in [0.4, 0.5) is 5.69 Å². The summed E-state index contributed by atoms with van der Waals surface area (Å²) < 4.78 is 23.7. The maximum absolute atomic E-state index is 5.89. The summed E-state index contributed by atoms with van der Waals surface area (Å²) in [5.74, 6) is 0. The summed E-state index contributed by atoms with van der Waals surface area (Å²) in [5.41, 5.74) is 25.4. The van der Waals surface area contributed by atoms with Crippen LogP contribution < -0.4 is 22.2 Å². The number of nitrogens with one attached hydrogen (secondary N) is 1. The van der Waals surface area contributed by atoms with Crippen LogP contribution in [0.1, 0.15) is 49.9 Å². The van der Waals surface area contributed by atoms with E-state index in [1.54, 1.807) is 57.5 Å². The number of aromatic nitrogens is 11. The lowest BCUT2D eigenvalue weighted by molar-refractivity contribution is 0.00578. The van der Waals surface area contributed by atoms with Crippen molar-refractivity contribution in [2.45, 2.75) is 65.5 Å². The smallest absolute Gasteiger partial charge is 0.464 e. The third-order valence-electron chi connectivity index (χ3n) is 12.3. The van der Waals surface area contributed by atoms with Gasteiger partial charge in [0.05, 0.1) is 40.9 Å². The molecule has 0 spiro atoms. The molecule has 17 nitrogen and oxygen atoms in total. The van der Waals surface area contributed by atoms with E-state index in [2.05, 4.69) is 92.7 Å². The molecular formula is C53H58BBrN14O3. The van der Waals surface area contributed by atoms with Gasteiger partial charge in [-0.25, -0.2) is 0 Å². The van der Waals surface area contributed by atoms with E-state index in [-0.39, 0.29) is 18.3 Å². The second kappa shape index (κ2) is 22.3. The highest BCUT2D eigenvalue weighted by Gasteiger charge is 2.52. The van der Waals surface area contributed by atoms with E-state index in [1.807, 2.05) is 123 Å². The predicted molar refractivity (Wildman–Crippen MR) is 286 cm³/mol. The topological polar surface area (TPSA) is 214 Å². The van der Waals surface area contributed by atoms with Crippen molar-refractivity contribution >= 4 is 56.2 Å². The zero-order valence-corrected chi connectivity index (χ0v) is 43.2. The maximum Gasteiger partial charge on any atom is 0.498 e. The van der Waals surface area contributed by atoms with Crippen LogP contribution >= 0.6 is 15.9 Å². The third kappa shape index (κ3) is 12.4. The predicted octanol–water partition coefficient (Wildman–Crippen LogP) is 8.72. The number of halogens is 1. The minimum atomic E-state index is -0.302. The van der Waals surface area contributed by atoms with Crippen molar-refractivity contribution in [2.75, 3.05) is 5.32 Å². The van der Waals surface area contributed by atoms with Crippen molar-refractivity contribution in [3.8, 4) is 33.4 Å². The van der Waals surface area contributed by atoms with E-state index in [4.69, 9.17) is 25.2 Å². The van der Waals surface area contributed by atoms with Crippen LogP contribution in [0.15, 0.2) is 150 Å². The average molecular weight is 1030 g/mol. The Bertz CT molecular complexity index is 3400. The summed E-state index contributed by atoms with van der Waals surface area (Å²) in [4.78, 5) is 21.7. The fourth-order valence-corrected chi connectivity index (χ4v) is 8.09. The number of anilines is 1. The second-order valence-electron chi connectivity index (χ2n) is 18.4. The van der Waals surface area contributed by atoms with Crippen LogP contribution in [0.5, 0.6) is 0 Å². The number of pyridine rings is 3. The molecule has 0 saturated carbocycles. The molecule has 2 aromatic carbocycles. The Balaban J connectivity index is 0.000000150. The minimum Gasteiger partial charge on any atom is -0.464 e. The van der Waals surface area contributed by atoms with Crippen molar-refractivity contribution in [1.29, 1.82) is 0 Å². The molecular weight excluding hydrogens is 971 g/mol. The molecule has 1 aliphatic heterocycles. The number of nitrogens with zero attached hydrogens (tertiary/aromatic N) is 11. The van der Waals surface area contributed by atoms with Gasteiger partial charge in [-0.3, -0.25) is 39.0 Å². The number of furan rings is 1. The summed E-state index contributed by atoms with van der Waals surface area (Å²) in [5, 5.41) is 17.1. The van der Waals surface area contributed by atoms with Crippen molar-refractivity contribution in [1.82, 2.24) is 54.3 Å². The van der Waals surface area contributed by atoms with E-state index < -0.39 is 0 Å². The molecule has 1 saturated heterocycles. The van der Waals surface area contributed by atoms with Gasteiger partial charge < -0.3 is 30.5 Å². The number of nitrogens with two attached hydrogens (primary N) is 2. The highest BCUT2D eigenvalue weighted by atomic mass is 79.9. The van der Waals surface area contributed by atoms with Crippen LogP contribution in [0.2, 0.25) is 0 Å². The Morgan fingerprint density at radius 1 is 0.625 bits per heavy atom. The average Bonchev–Trinajstić information content (AvgIpc) is 4.24. The van der Waals surface area contributed by atoms with Crippen LogP contribution in [-0.2, 0) is 50.1 Å². The molecule has 8 aromatic heterocycles. The molecule has 0 bridgehead atoms. The highest BCUT2D eigenvalue weighted by molar-refractivity contribution is 9.10.